The smallest absolute Gasteiger partial charge is 0.300 e. The molecule has 25 heavy (non-hydrogen) atoms. The minimum absolute atomic E-state index is 0.116. The molecule has 0 unspecified atom stereocenters. The molecular formula is C19H34BN2O3. The lowest BCUT2D eigenvalue weighted by atomic mass is 9.72. The molecule has 0 saturated carbocycles. The van der Waals surface area contributed by atoms with E-state index in [0.29, 0.717) is 18.9 Å². The van der Waals surface area contributed by atoms with Crippen LogP contribution in [0.15, 0.2) is 24.3 Å². The van der Waals surface area contributed by atoms with E-state index in [2.05, 4.69) is 26.1 Å². The quantitative estimate of drug-likeness (QED) is 0.273. The Kier molecular flexibility index (Phi) is 11.6. The molecule has 0 saturated heterocycles. The maximum absolute atomic E-state index is 10.5. The first-order chi connectivity index (χ1) is 12.1. The van der Waals surface area contributed by atoms with E-state index >= 15 is 0 Å². The number of hydrogen-bond donors (Lipinski definition) is 3. The first-order valence-electron chi connectivity index (χ1n) is 9.32. The van der Waals surface area contributed by atoms with Crippen LogP contribution in [0.2, 0.25) is 5.82 Å². The number of rotatable bonds is 14. The normalized spacial score (nSPS) is 13.7. The van der Waals surface area contributed by atoms with Crippen molar-refractivity contribution in [3.05, 3.63) is 29.8 Å². The molecule has 0 fully saturated rings. The third-order valence-electron chi connectivity index (χ3n) is 3.93. The second-order valence-electron chi connectivity index (χ2n) is 6.80. The highest BCUT2D eigenvalue weighted by Gasteiger charge is 2.22. The third kappa shape index (κ3) is 9.85. The summed E-state index contributed by atoms with van der Waals surface area (Å²) in [6.45, 7) is 8.71. The number of nitrogens with two attached hydrogens (primary N) is 1. The Morgan fingerprint density at radius 2 is 1.92 bits per heavy atom. The highest BCUT2D eigenvalue weighted by molar-refractivity contribution is 6.29. The van der Waals surface area contributed by atoms with Gasteiger partial charge in [0.2, 0.25) is 0 Å². The summed E-state index contributed by atoms with van der Waals surface area (Å²) in [7, 11) is 1.66. The summed E-state index contributed by atoms with van der Waals surface area (Å²) < 4.78 is 10.9. The van der Waals surface area contributed by atoms with Crippen LogP contribution in [0.4, 0.5) is 0 Å². The van der Waals surface area contributed by atoms with Gasteiger partial charge in [0.25, 0.3) is 0 Å². The van der Waals surface area contributed by atoms with Crippen molar-refractivity contribution in [3.8, 4) is 5.75 Å². The van der Waals surface area contributed by atoms with Crippen LogP contribution in [0.5, 0.6) is 5.75 Å². The lowest BCUT2D eigenvalue weighted by Crippen LogP contribution is -2.36. The number of aliphatic hydroxyl groups is 1. The van der Waals surface area contributed by atoms with Gasteiger partial charge in [-0.15, -0.1) is 0 Å². The standard InChI is InChI=1S/C19H34BN2O3/c1-4-5-10-24-17-8-6-16(7-9-17)11-18(20-25-14-21)19(23)13-22-12-15(2)3/h6-9,15,18-19,22-23H,4-5,10-14,21H2,1-3H3/t18-,19+/m0/s1. The van der Waals surface area contributed by atoms with Crippen LogP contribution in [0, 0.1) is 5.92 Å². The van der Waals surface area contributed by atoms with Crippen LogP contribution in [-0.2, 0) is 11.1 Å². The van der Waals surface area contributed by atoms with E-state index in [4.69, 9.17) is 15.1 Å². The molecule has 5 nitrogen and oxygen atoms in total. The Labute approximate surface area is 153 Å². The summed E-state index contributed by atoms with van der Waals surface area (Å²) >= 11 is 0. The monoisotopic (exact) mass is 349 g/mol. The summed E-state index contributed by atoms with van der Waals surface area (Å²) in [6, 6.07) is 8.04. The summed E-state index contributed by atoms with van der Waals surface area (Å²) in [4.78, 5) is 0. The molecule has 0 aliphatic rings. The molecule has 6 heteroatoms. The van der Waals surface area contributed by atoms with Crippen LogP contribution >= 0.6 is 0 Å². The molecule has 1 aromatic carbocycles. The largest absolute Gasteiger partial charge is 0.494 e. The summed E-state index contributed by atoms with van der Waals surface area (Å²) in [5.41, 5.74) is 6.55. The van der Waals surface area contributed by atoms with Crippen LogP contribution in [0.3, 0.4) is 0 Å². The number of unbranched alkanes of at least 4 members (excludes halogenated alkanes) is 1. The Balaban J connectivity index is 2.54. The zero-order chi connectivity index (χ0) is 18.5. The zero-order valence-corrected chi connectivity index (χ0v) is 15.9. The fourth-order valence-corrected chi connectivity index (χ4v) is 2.45. The number of hydrogen-bond acceptors (Lipinski definition) is 5. The van der Waals surface area contributed by atoms with Crippen molar-refractivity contribution in [1.82, 2.24) is 5.32 Å². The molecule has 0 aliphatic heterocycles. The fourth-order valence-electron chi connectivity index (χ4n) is 2.45. The van der Waals surface area contributed by atoms with Gasteiger partial charge < -0.3 is 25.5 Å². The molecule has 0 aliphatic carbocycles. The molecule has 0 bridgehead atoms. The highest BCUT2D eigenvalue weighted by atomic mass is 16.5. The van der Waals surface area contributed by atoms with Gasteiger partial charge in [-0.25, -0.2) is 0 Å². The molecule has 1 radical (unpaired) electrons. The lowest BCUT2D eigenvalue weighted by Gasteiger charge is -2.23. The maximum atomic E-state index is 10.5. The third-order valence-corrected chi connectivity index (χ3v) is 3.93. The van der Waals surface area contributed by atoms with Gasteiger partial charge in [0, 0.05) is 6.54 Å². The molecule has 0 aromatic heterocycles. The second-order valence-corrected chi connectivity index (χ2v) is 6.80. The minimum Gasteiger partial charge on any atom is -0.494 e. The van der Waals surface area contributed by atoms with Gasteiger partial charge in [0.05, 0.1) is 19.4 Å². The van der Waals surface area contributed by atoms with E-state index in [9.17, 15) is 5.11 Å². The van der Waals surface area contributed by atoms with Gasteiger partial charge >= 0.3 is 7.48 Å². The van der Waals surface area contributed by atoms with Gasteiger partial charge in [-0.3, -0.25) is 0 Å². The van der Waals surface area contributed by atoms with Gasteiger partial charge in [-0.05, 0) is 48.8 Å². The maximum Gasteiger partial charge on any atom is 0.300 e. The summed E-state index contributed by atoms with van der Waals surface area (Å²) in [6.07, 6.45) is 2.36. The Morgan fingerprint density at radius 1 is 1.20 bits per heavy atom. The van der Waals surface area contributed by atoms with Crippen LogP contribution in [-0.4, -0.2) is 45.1 Å². The molecule has 4 N–H and O–H groups in total. The van der Waals surface area contributed by atoms with Crippen molar-refractivity contribution in [2.24, 2.45) is 11.7 Å². The molecule has 0 amide bonds. The molecule has 0 heterocycles. The molecule has 1 rings (SSSR count). The Hall–Kier alpha value is -1.08. The van der Waals surface area contributed by atoms with Crippen molar-refractivity contribution < 1.29 is 14.5 Å². The van der Waals surface area contributed by atoms with Crippen LogP contribution in [0.1, 0.15) is 39.2 Å². The van der Waals surface area contributed by atoms with E-state index in [1.54, 1.807) is 7.48 Å². The van der Waals surface area contributed by atoms with Crippen molar-refractivity contribution in [2.75, 3.05) is 26.4 Å². The van der Waals surface area contributed by atoms with E-state index in [1.165, 1.54) is 0 Å². The fraction of sp³-hybridized carbons (Fsp3) is 0.684. The second kappa shape index (κ2) is 13.2. The van der Waals surface area contributed by atoms with Crippen molar-refractivity contribution in [3.63, 3.8) is 0 Å². The minimum atomic E-state index is -0.522. The summed E-state index contributed by atoms with van der Waals surface area (Å²) in [5, 5.41) is 13.8. The molecule has 2 atom stereocenters. The van der Waals surface area contributed by atoms with E-state index in [-0.39, 0.29) is 12.5 Å². The SMILES string of the molecule is CCCCOc1ccc(C[C@H]([B]OCN)[C@H](O)CNCC(C)C)cc1. The summed E-state index contributed by atoms with van der Waals surface area (Å²) in [5.74, 6) is 1.32. The number of nitrogens with one attached hydrogen (secondary N) is 1. The van der Waals surface area contributed by atoms with Crippen molar-refractivity contribution in [1.29, 1.82) is 0 Å². The molecule has 141 valence electrons. The van der Waals surface area contributed by atoms with Crippen molar-refractivity contribution >= 4 is 7.48 Å². The highest BCUT2D eigenvalue weighted by Crippen LogP contribution is 2.20. The predicted octanol–water partition coefficient (Wildman–Crippen LogP) is 2.36. The topological polar surface area (TPSA) is 76.7 Å². The van der Waals surface area contributed by atoms with E-state index in [0.717, 1.165) is 37.3 Å². The van der Waals surface area contributed by atoms with Gasteiger partial charge in [0.15, 0.2) is 0 Å². The lowest BCUT2D eigenvalue weighted by molar-refractivity contribution is 0.153. The first kappa shape index (κ1) is 22.0. The van der Waals surface area contributed by atoms with Crippen LogP contribution in [0.25, 0.3) is 0 Å². The van der Waals surface area contributed by atoms with E-state index in [1.807, 2.05) is 24.3 Å². The Bertz CT molecular complexity index is 443. The first-order valence-corrected chi connectivity index (χ1v) is 9.32. The average molecular weight is 349 g/mol. The predicted molar refractivity (Wildman–Crippen MR) is 104 cm³/mol. The molecule has 0 spiro atoms. The van der Waals surface area contributed by atoms with Gasteiger partial charge in [-0.1, -0.05) is 39.3 Å². The Morgan fingerprint density at radius 3 is 2.52 bits per heavy atom. The average Bonchev–Trinajstić information content (AvgIpc) is 2.59. The molecule has 1 aromatic rings. The van der Waals surface area contributed by atoms with Crippen LogP contribution < -0.4 is 15.8 Å². The van der Waals surface area contributed by atoms with Gasteiger partial charge in [0.1, 0.15) is 5.75 Å². The van der Waals surface area contributed by atoms with E-state index < -0.39 is 6.10 Å². The number of benzene rings is 1. The zero-order valence-electron chi connectivity index (χ0n) is 15.9. The number of ether oxygens (including phenoxy) is 1. The van der Waals surface area contributed by atoms with Crippen molar-refractivity contribution in [2.45, 2.75) is 52.0 Å². The number of aliphatic hydroxyl groups excluding tert-OH is 1. The molecular weight excluding hydrogens is 315 g/mol. The van der Waals surface area contributed by atoms with Gasteiger partial charge in [-0.2, -0.15) is 0 Å².